The van der Waals surface area contributed by atoms with Gasteiger partial charge in [-0.3, -0.25) is 0 Å². The topological polar surface area (TPSA) is 49.7 Å². The van der Waals surface area contributed by atoms with Crippen molar-refractivity contribution in [2.75, 3.05) is 19.8 Å². The average molecular weight is 188 g/mol. The second-order valence-corrected chi connectivity index (χ2v) is 2.28. The third-order valence-electron chi connectivity index (χ3n) is 1.05. The van der Waals surface area contributed by atoms with Crippen molar-refractivity contribution in [1.29, 1.82) is 0 Å². The zero-order valence-electron chi connectivity index (χ0n) is 6.34. The van der Waals surface area contributed by atoms with E-state index < -0.39 is 31.9 Å². The van der Waals surface area contributed by atoms with Gasteiger partial charge in [-0.25, -0.2) is 0 Å². The highest BCUT2D eigenvalue weighted by Gasteiger charge is 2.26. The monoisotopic (exact) mass is 188 g/mol. The van der Waals surface area contributed by atoms with E-state index in [1.54, 1.807) is 0 Å². The number of alkyl halides is 3. The molecule has 6 heteroatoms. The van der Waals surface area contributed by atoms with Crippen molar-refractivity contribution < 1.29 is 28.1 Å². The molecule has 0 fully saturated rings. The van der Waals surface area contributed by atoms with Crippen molar-refractivity contribution in [1.82, 2.24) is 0 Å². The highest BCUT2D eigenvalue weighted by atomic mass is 19.4. The van der Waals surface area contributed by atoms with Crippen molar-refractivity contribution in [2.45, 2.75) is 18.7 Å². The van der Waals surface area contributed by atoms with Gasteiger partial charge < -0.3 is 14.9 Å². The maximum Gasteiger partial charge on any atom is 0.391 e. The second-order valence-electron chi connectivity index (χ2n) is 2.28. The minimum absolute atomic E-state index is 0.271. The summed E-state index contributed by atoms with van der Waals surface area (Å²) in [4.78, 5) is 0. The number of hydrogen-bond acceptors (Lipinski definition) is 3. The molecule has 0 aliphatic rings. The van der Waals surface area contributed by atoms with Gasteiger partial charge in [-0.1, -0.05) is 0 Å². The summed E-state index contributed by atoms with van der Waals surface area (Å²) in [6, 6.07) is 0. The van der Waals surface area contributed by atoms with Crippen LogP contribution in [0.3, 0.4) is 0 Å². The molecular weight excluding hydrogens is 177 g/mol. The minimum atomic E-state index is -4.23. The number of rotatable bonds is 5. The van der Waals surface area contributed by atoms with E-state index in [4.69, 9.17) is 10.2 Å². The Bertz CT molecular complexity index is 115. The van der Waals surface area contributed by atoms with Crippen LogP contribution in [0.5, 0.6) is 0 Å². The predicted octanol–water partition coefficient (Wildman–Crippen LogP) is 0.309. The van der Waals surface area contributed by atoms with Crippen LogP contribution in [-0.2, 0) is 4.74 Å². The molecule has 74 valence electrons. The van der Waals surface area contributed by atoms with Gasteiger partial charge in [-0.05, 0) is 0 Å². The first-order chi connectivity index (χ1) is 5.45. The zero-order valence-corrected chi connectivity index (χ0v) is 6.34. The fraction of sp³-hybridized carbons (Fsp3) is 1.00. The van der Waals surface area contributed by atoms with E-state index in [9.17, 15) is 13.2 Å². The molecule has 1 unspecified atom stereocenters. The molecule has 0 aliphatic carbocycles. The first kappa shape index (κ1) is 11.7. The standard InChI is InChI=1S/C6H11F3O3/c7-6(8,9)1-2-12-4-5(11)3-10/h5,10-11H,1-4H2. The Morgan fingerprint density at radius 1 is 1.33 bits per heavy atom. The molecule has 0 aromatic rings. The van der Waals surface area contributed by atoms with Crippen molar-refractivity contribution in [3.8, 4) is 0 Å². The Hall–Kier alpha value is -0.330. The molecular formula is C6H11F3O3. The second kappa shape index (κ2) is 5.34. The Morgan fingerprint density at radius 3 is 2.33 bits per heavy atom. The molecule has 1 atom stereocenters. The summed E-state index contributed by atoms with van der Waals surface area (Å²) in [5.74, 6) is 0. The molecule has 0 amide bonds. The lowest BCUT2D eigenvalue weighted by atomic mass is 10.4. The summed E-state index contributed by atoms with van der Waals surface area (Å²) in [6.45, 7) is -1.26. The SMILES string of the molecule is OCC(O)COCCC(F)(F)F. The molecule has 0 aliphatic heterocycles. The van der Waals surface area contributed by atoms with Crippen molar-refractivity contribution in [3.05, 3.63) is 0 Å². The lowest BCUT2D eigenvalue weighted by molar-refractivity contribution is -0.147. The normalized spacial score (nSPS) is 14.8. The first-order valence-corrected chi connectivity index (χ1v) is 3.39. The highest BCUT2D eigenvalue weighted by molar-refractivity contribution is 4.51. The van der Waals surface area contributed by atoms with Crippen molar-refractivity contribution >= 4 is 0 Å². The van der Waals surface area contributed by atoms with Gasteiger partial charge in [0.25, 0.3) is 0 Å². The molecule has 0 saturated carbocycles. The molecule has 0 rings (SSSR count). The molecule has 0 spiro atoms. The maximum absolute atomic E-state index is 11.5. The van der Waals surface area contributed by atoms with Gasteiger partial charge in [-0.15, -0.1) is 0 Å². The number of aliphatic hydroxyl groups excluding tert-OH is 2. The Morgan fingerprint density at radius 2 is 1.92 bits per heavy atom. The van der Waals surface area contributed by atoms with Gasteiger partial charge in [0.1, 0.15) is 6.10 Å². The molecule has 2 N–H and O–H groups in total. The van der Waals surface area contributed by atoms with Crippen LogP contribution in [0, 0.1) is 0 Å². The van der Waals surface area contributed by atoms with Crippen LogP contribution >= 0.6 is 0 Å². The Kier molecular flexibility index (Phi) is 5.19. The molecule has 12 heavy (non-hydrogen) atoms. The maximum atomic E-state index is 11.5. The van der Waals surface area contributed by atoms with E-state index in [0.29, 0.717) is 0 Å². The third-order valence-corrected chi connectivity index (χ3v) is 1.05. The third kappa shape index (κ3) is 7.77. The smallest absolute Gasteiger partial charge is 0.391 e. The fourth-order valence-electron chi connectivity index (χ4n) is 0.460. The predicted molar refractivity (Wildman–Crippen MR) is 34.6 cm³/mol. The number of ether oxygens (including phenoxy) is 1. The summed E-state index contributed by atoms with van der Waals surface area (Å²) >= 11 is 0. The summed E-state index contributed by atoms with van der Waals surface area (Å²) in [5.41, 5.74) is 0. The first-order valence-electron chi connectivity index (χ1n) is 3.39. The van der Waals surface area contributed by atoms with Gasteiger partial charge in [0.2, 0.25) is 0 Å². The van der Waals surface area contributed by atoms with Gasteiger partial charge in [0, 0.05) is 0 Å². The van der Waals surface area contributed by atoms with Gasteiger partial charge in [-0.2, -0.15) is 13.2 Å². The largest absolute Gasteiger partial charge is 0.394 e. The molecule has 0 heterocycles. The number of halogens is 3. The summed E-state index contributed by atoms with van der Waals surface area (Å²) in [7, 11) is 0. The summed E-state index contributed by atoms with van der Waals surface area (Å²) in [6.07, 6.45) is -6.37. The quantitative estimate of drug-likeness (QED) is 0.610. The van der Waals surface area contributed by atoms with Gasteiger partial charge in [0.15, 0.2) is 0 Å². The van der Waals surface area contributed by atoms with Crippen LogP contribution in [0.25, 0.3) is 0 Å². The lowest BCUT2D eigenvalue weighted by Crippen LogP contribution is -2.21. The van der Waals surface area contributed by atoms with Crippen LogP contribution in [0.2, 0.25) is 0 Å². The summed E-state index contributed by atoms with van der Waals surface area (Å²) < 4.78 is 38.8. The van der Waals surface area contributed by atoms with E-state index in [1.165, 1.54) is 0 Å². The molecule has 0 aromatic carbocycles. The Labute approximate surface area is 67.8 Å². The summed E-state index contributed by atoms with van der Waals surface area (Å²) in [5, 5.41) is 16.9. The molecule has 0 aromatic heterocycles. The molecule has 0 bridgehead atoms. The zero-order chi connectivity index (χ0) is 9.61. The highest BCUT2D eigenvalue weighted by Crippen LogP contribution is 2.18. The number of hydrogen-bond donors (Lipinski definition) is 2. The van der Waals surface area contributed by atoms with E-state index in [2.05, 4.69) is 4.74 Å². The number of aliphatic hydroxyl groups is 2. The van der Waals surface area contributed by atoms with Crippen LogP contribution in [0.1, 0.15) is 6.42 Å². The van der Waals surface area contributed by atoms with E-state index in [-0.39, 0.29) is 6.61 Å². The molecule has 0 radical (unpaired) electrons. The molecule has 0 saturated heterocycles. The van der Waals surface area contributed by atoms with Crippen LogP contribution < -0.4 is 0 Å². The van der Waals surface area contributed by atoms with Crippen molar-refractivity contribution in [3.63, 3.8) is 0 Å². The fourth-order valence-corrected chi connectivity index (χ4v) is 0.460. The van der Waals surface area contributed by atoms with E-state index >= 15 is 0 Å². The van der Waals surface area contributed by atoms with E-state index in [1.807, 2.05) is 0 Å². The van der Waals surface area contributed by atoms with Crippen LogP contribution in [0.4, 0.5) is 13.2 Å². The Balaban J connectivity index is 3.22. The van der Waals surface area contributed by atoms with Crippen LogP contribution in [-0.4, -0.2) is 42.3 Å². The molecule has 3 nitrogen and oxygen atoms in total. The van der Waals surface area contributed by atoms with E-state index in [0.717, 1.165) is 0 Å². The van der Waals surface area contributed by atoms with Gasteiger partial charge >= 0.3 is 6.18 Å². The van der Waals surface area contributed by atoms with Gasteiger partial charge in [0.05, 0.1) is 26.2 Å². The average Bonchev–Trinajstić information content (AvgIpc) is 1.96. The van der Waals surface area contributed by atoms with Crippen molar-refractivity contribution in [2.24, 2.45) is 0 Å². The minimum Gasteiger partial charge on any atom is -0.394 e. The van der Waals surface area contributed by atoms with Crippen LogP contribution in [0.15, 0.2) is 0 Å². The lowest BCUT2D eigenvalue weighted by Gasteiger charge is -2.09.